The number of sulfonamides is 1. The molecule has 4 aromatic rings. The molecule has 0 spiro atoms. The second kappa shape index (κ2) is 16.5. The summed E-state index contributed by atoms with van der Waals surface area (Å²) in [7, 11) is -0.300. The highest BCUT2D eigenvalue weighted by atomic mass is 35.5. The molecule has 1 unspecified atom stereocenters. The summed E-state index contributed by atoms with van der Waals surface area (Å²) in [5, 5.41) is 3.72. The zero-order valence-electron chi connectivity index (χ0n) is 28.8. The van der Waals surface area contributed by atoms with E-state index in [0.717, 1.165) is 9.87 Å². The molecule has 266 valence electrons. The predicted molar refractivity (Wildman–Crippen MR) is 196 cm³/mol. The van der Waals surface area contributed by atoms with Gasteiger partial charge in [-0.2, -0.15) is 0 Å². The minimum atomic E-state index is -4.51. The van der Waals surface area contributed by atoms with Crippen LogP contribution < -0.4 is 23.8 Å². The fraction of sp³-hybridized carbons (Fsp3) is 0.297. The number of hydrogen-bond acceptors (Lipinski definition) is 7. The Morgan fingerprint density at radius 2 is 1.36 bits per heavy atom. The zero-order chi connectivity index (χ0) is 36.6. The molecule has 0 fully saturated rings. The van der Waals surface area contributed by atoms with E-state index in [1.807, 2.05) is 51.1 Å². The predicted octanol–water partition coefficient (Wildman–Crippen LogP) is 6.77. The number of amides is 2. The summed E-state index contributed by atoms with van der Waals surface area (Å²) in [6, 6.07) is 23.7. The number of ether oxygens (including phenoxy) is 3. The van der Waals surface area contributed by atoms with Gasteiger partial charge in [0.05, 0.1) is 31.9 Å². The number of methoxy groups -OCH3 is 3. The van der Waals surface area contributed by atoms with E-state index < -0.39 is 40.0 Å². The molecule has 50 heavy (non-hydrogen) atoms. The van der Waals surface area contributed by atoms with Gasteiger partial charge in [-0.3, -0.25) is 13.9 Å². The molecular weight excluding hydrogens is 701 g/mol. The van der Waals surface area contributed by atoms with Crippen LogP contribution in [0.15, 0.2) is 95.9 Å². The number of hydrogen-bond donors (Lipinski definition) is 1. The van der Waals surface area contributed by atoms with Crippen LogP contribution in [0.25, 0.3) is 0 Å². The summed E-state index contributed by atoms with van der Waals surface area (Å²) < 4.78 is 46.3. The van der Waals surface area contributed by atoms with Crippen molar-refractivity contribution in [2.75, 3.05) is 32.2 Å². The molecule has 10 nitrogen and oxygen atoms in total. The summed E-state index contributed by atoms with van der Waals surface area (Å²) in [5.41, 5.74) is 0.881. The number of carbonyl (C=O) groups excluding carboxylic acids is 2. The van der Waals surface area contributed by atoms with Crippen LogP contribution in [0.3, 0.4) is 0 Å². The summed E-state index contributed by atoms with van der Waals surface area (Å²) in [6.45, 7) is 4.80. The van der Waals surface area contributed by atoms with Gasteiger partial charge in [0.1, 0.15) is 18.3 Å². The molecule has 0 saturated heterocycles. The number of halogens is 2. The first-order chi connectivity index (χ1) is 23.7. The van der Waals surface area contributed by atoms with Crippen molar-refractivity contribution < 1.29 is 32.2 Å². The number of benzene rings is 4. The molecule has 2 amide bonds. The fourth-order valence-electron chi connectivity index (χ4n) is 5.27. The molecule has 1 N–H and O–H groups in total. The second-order valence-corrected chi connectivity index (χ2v) is 15.2. The van der Waals surface area contributed by atoms with E-state index in [-0.39, 0.29) is 40.1 Å². The Morgan fingerprint density at radius 3 is 1.96 bits per heavy atom. The molecule has 0 bridgehead atoms. The van der Waals surface area contributed by atoms with E-state index in [0.29, 0.717) is 16.3 Å². The normalized spacial score (nSPS) is 12.1. The number of rotatable bonds is 14. The standard InChI is InChI=1S/C37H41Cl2N3O7S/c1-37(2,3)40-36(44)31(20-25-10-8-7-9-11-25)41(23-26-12-14-27(38)15-13-26)35(43)24-42(30-21-28(39)16-18-32(30)47-4)50(45,46)29-17-19-33(48-5)34(22-29)49-6/h7-19,21-22,31H,20,23-24H2,1-6H3,(H,40,44). The van der Waals surface area contributed by atoms with Crippen LogP contribution in [0.5, 0.6) is 17.2 Å². The van der Waals surface area contributed by atoms with Gasteiger partial charge in [0.25, 0.3) is 10.0 Å². The van der Waals surface area contributed by atoms with Gasteiger partial charge in [-0.15, -0.1) is 0 Å². The van der Waals surface area contributed by atoms with Crippen LogP contribution in [-0.2, 0) is 32.6 Å². The van der Waals surface area contributed by atoms with Crippen molar-refractivity contribution in [2.24, 2.45) is 0 Å². The third kappa shape index (κ3) is 9.62. The van der Waals surface area contributed by atoms with Crippen molar-refractivity contribution in [1.82, 2.24) is 10.2 Å². The van der Waals surface area contributed by atoms with Crippen molar-refractivity contribution in [3.63, 3.8) is 0 Å². The topological polar surface area (TPSA) is 114 Å². The van der Waals surface area contributed by atoms with E-state index in [1.165, 1.54) is 56.6 Å². The SMILES string of the molecule is COc1ccc(S(=O)(=O)N(CC(=O)N(Cc2ccc(Cl)cc2)C(Cc2ccccc2)C(=O)NC(C)(C)C)c2cc(Cl)ccc2OC)cc1OC. The average Bonchev–Trinajstić information content (AvgIpc) is 3.08. The summed E-state index contributed by atoms with van der Waals surface area (Å²) in [4.78, 5) is 30.1. The zero-order valence-corrected chi connectivity index (χ0v) is 31.1. The lowest BCUT2D eigenvalue weighted by atomic mass is 10.0. The van der Waals surface area contributed by atoms with Crippen LogP contribution in [0.2, 0.25) is 10.0 Å². The maximum Gasteiger partial charge on any atom is 0.265 e. The quantitative estimate of drug-likeness (QED) is 0.152. The van der Waals surface area contributed by atoms with Crippen LogP contribution in [0.1, 0.15) is 31.9 Å². The molecule has 0 heterocycles. The minimum absolute atomic E-state index is 0.0216. The number of carbonyl (C=O) groups is 2. The van der Waals surface area contributed by atoms with Crippen molar-refractivity contribution >= 4 is 50.7 Å². The average molecular weight is 743 g/mol. The van der Waals surface area contributed by atoms with Gasteiger partial charge in [0.2, 0.25) is 11.8 Å². The Morgan fingerprint density at radius 1 is 0.760 bits per heavy atom. The fourth-order valence-corrected chi connectivity index (χ4v) is 6.99. The van der Waals surface area contributed by atoms with E-state index in [2.05, 4.69) is 5.32 Å². The van der Waals surface area contributed by atoms with Gasteiger partial charge in [0, 0.05) is 34.6 Å². The van der Waals surface area contributed by atoms with Gasteiger partial charge in [0.15, 0.2) is 11.5 Å². The van der Waals surface area contributed by atoms with E-state index in [1.54, 1.807) is 30.3 Å². The largest absolute Gasteiger partial charge is 0.495 e. The third-order valence-electron chi connectivity index (χ3n) is 7.67. The third-order valence-corrected chi connectivity index (χ3v) is 9.91. The van der Waals surface area contributed by atoms with Crippen LogP contribution in [0.4, 0.5) is 5.69 Å². The maximum atomic E-state index is 14.8. The van der Waals surface area contributed by atoms with Crippen LogP contribution in [-0.4, -0.2) is 64.6 Å². The Hall–Kier alpha value is -4.45. The molecule has 1 atom stereocenters. The maximum absolute atomic E-state index is 14.8. The van der Waals surface area contributed by atoms with Crippen LogP contribution in [0, 0.1) is 0 Å². The molecule has 0 aliphatic carbocycles. The highest BCUT2D eigenvalue weighted by Gasteiger charge is 2.37. The molecule has 0 aliphatic heterocycles. The summed E-state index contributed by atoms with van der Waals surface area (Å²) in [6.07, 6.45) is 0.158. The first-order valence-electron chi connectivity index (χ1n) is 15.6. The lowest BCUT2D eigenvalue weighted by Gasteiger charge is -2.35. The van der Waals surface area contributed by atoms with Gasteiger partial charge in [-0.05, 0) is 74.4 Å². The monoisotopic (exact) mass is 741 g/mol. The molecule has 13 heteroatoms. The first kappa shape index (κ1) is 38.4. The lowest BCUT2D eigenvalue weighted by Crippen LogP contribution is -2.56. The highest BCUT2D eigenvalue weighted by molar-refractivity contribution is 7.92. The lowest BCUT2D eigenvalue weighted by molar-refractivity contribution is -0.140. The second-order valence-electron chi connectivity index (χ2n) is 12.4. The highest BCUT2D eigenvalue weighted by Crippen LogP contribution is 2.37. The summed E-state index contributed by atoms with van der Waals surface area (Å²) >= 11 is 12.6. The van der Waals surface area contributed by atoms with Crippen molar-refractivity contribution in [3.05, 3.63) is 112 Å². The molecular formula is C37H41Cl2N3O7S. The van der Waals surface area contributed by atoms with Gasteiger partial charge < -0.3 is 24.4 Å². The van der Waals surface area contributed by atoms with Crippen molar-refractivity contribution in [2.45, 2.75) is 50.2 Å². The van der Waals surface area contributed by atoms with Crippen LogP contribution >= 0.6 is 23.2 Å². The van der Waals surface area contributed by atoms with Crippen molar-refractivity contribution in [3.8, 4) is 17.2 Å². The molecule has 0 aliphatic rings. The molecule has 0 saturated carbocycles. The Labute approximate surface area is 303 Å². The Kier molecular flexibility index (Phi) is 12.7. The van der Waals surface area contributed by atoms with Crippen molar-refractivity contribution in [1.29, 1.82) is 0 Å². The molecule has 4 aromatic carbocycles. The number of anilines is 1. The Bertz CT molecular complexity index is 1900. The van der Waals surface area contributed by atoms with Gasteiger partial charge in [-0.25, -0.2) is 8.42 Å². The smallest absolute Gasteiger partial charge is 0.265 e. The number of nitrogens with one attached hydrogen (secondary N) is 1. The van der Waals surface area contributed by atoms with E-state index >= 15 is 0 Å². The Balaban J connectivity index is 1.89. The molecule has 4 rings (SSSR count). The van der Waals surface area contributed by atoms with E-state index in [9.17, 15) is 18.0 Å². The van der Waals surface area contributed by atoms with E-state index in [4.69, 9.17) is 37.4 Å². The minimum Gasteiger partial charge on any atom is -0.495 e. The summed E-state index contributed by atoms with van der Waals surface area (Å²) in [5.74, 6) is -0.419. The molecule has 0 radical (unpaired) electrons. The molecule has 0 aromatic heterocycles. The number of nitrogens with zero attached hydrogens (tertiary/aromatic N) is 2. The van der Waals surface area contributed by atoms with Gasteiger partial charge in [-0.1, -0.05) is 65.7 Å². The van der Waals surface area contributed by atoms with Gasteiger partial charge >= 0.3 is 0 Å². The first-order valence-corrected chi connectivity index (χ1v) is 17.8.